The van der Waals surface area contributed by atoms with Gasteiger partial charge in [0.15, 0.2) is 0 Å². The molecule has 6 heteroatoms. The van der Waals surface area contributed by atoms with Crippen molar-refractivity contribution in [3.05, 3.63) is 23.1 Å². The number of hydrogen-bond acceptors (Lipinski definition) is 5. The summed E-state index contributed by atoms with van der Waals surface area (Å²) in [4.78, 5) is 8.97. The molecule has 0 saturated carbocycles. The second-order valence-corrected chi connectivity index (χ2v) is 5.44. The fraction of sp³-hybridized carbons (Fsp3) is 0.462. The highest BCUT2D eigenvalue weighted by Crippen LogP contribution is 2.31. The van der Waals surface area contributed by atoms with Crippen LogP contribution in [-0.4, -0.2) is 26.3 Å². The molecule has 0 aliphatic rings. The summed E-state index contributed by atoms with van der Waals surface area (Å²) in [5.74, 6) is 1.69. The highest BCUT2D eigenvalue weighted by atomic mass is 32.2. The molecule has 0 amide bonds. The van der Waals surface area contributed by atoms with Gasteiger partial charge in [-0.1, -0.05) is 0 Å². The quantitative estimate of drug-likeness (QED) is 0.871. The van der Waals surface area contributed by atoms with Crippen molar-refractivity contribution in [3.8, 4) is 0 Å². The molecule has 0 aliphatic heterocycles. The molecule has 0 aliphatic carbocycles. The van der Waals surface area contributed by atoms with Crippen LogP contribution >= 0.6 is 11.8 Å². The van der Waals surface area contributed by atoms with E-state index in [0.717, 1.165) is 39.5 Å². The lowest BCUT2D eigenvalue weighted by atomic mass is 10.3. The molecule has 2 heterocycles. The van der Waals surface area contributed by atoms with Gasteiger partial charge < -0.3 is 5.32 Å². The van der Waals surface area contributed by atoms with Gasteiger partial charge in [0.05, 0.1) is 5.69 Å². The van der Waals surface area contributed by atoms with Crippen LogP contribution in [0.3, 0.4) is 0 Å². The number of anilines is 1. The summed E-state index contributed by atoms with van der Waals surface area (Å²) in [5.41, 5.74) is 2.09. The maximum atomic E-state index is 4.53. The minimum Gasteiger partial charge on any atom is -0.370 e. The first-order valence-electron chi connectivity index (χ1n) is 6.29. The maximum absolute atomic E-state index is 4.53. The van der Waals surface area contributed by atoms with Gasteiger partial charge in [-0.25, -0.2) is 9.97 Å². The van der Waals surface area contributed by atoms with Crippen LogP contribution in [0.25, 0.3) is 0 Å². The van der Waals surface area contributed by atoms with E-state index in [2.05, 4.69) is 33.4 Å². The van der Waals surface area contributed by atoms with Crippen LogP contribution in [0.4, 0.5) is 5.82 Å². The molecule has 0 aromatic carbocycles. The largest absolute Gasteiger partial charge is 0.370 e. The third-order valence-corrected chi connectivity index (χ3v) is 3.90. The van der Waals surface area contributed by atoms with E-state index in [0.29, 0.717) is 0 Å². The zero-order valence-corrected chi connectivity index (χ0v) is 12.8. The Morgan fingerprint density at radius 1 is 1.26 bits per heavy atom. The molecule has 0 saturated heterocycles. The topological polar surface area (TPSA) is 55.6 Å². The summed E-state index contributed by atoms with van der Waals surface area (Å²) >= 11 is 1.63. The standard InChI is InChI=1S/C13H19N5S/c1-6-14-12-9(3)13(16-10(4)15-12)19-11-7-8(2)17-18(11)5/h7H,6H2,1-5H3,(H,14,15,16). The average molecular weight is 277 g/mol. The van der Waals surface area contributed by atoms with Crippen molar-refractivity contribution in [1.82, 2.24) is 19.7 Å². The highest BCUT2D eigenvalue weighted by molar-refractivity contribution is 7.99. The summed E-state index contributed by atoms with van der Waals surface area (Å²) in [6, 6.07) is 2.06. The molecule has 5 nitrogen and oxygen atoms in total. The van der Waals surface area contributed by atoms with E-state index >= 15 is 0 Å². The van der Waals surface area contributed by atoms with Crippen molar-refractivity contribution in [2.24, 2.45) is 7.05 Å². The number of nitrogens with zero attached hydrogens (tertiary/aromatic N) is 4. The average Bonchev–Trinajstić information content (AvgIpc) is 2.64. The van der Waals surface area contributed by atoms with E-state index in [9.17, 15) is 0 Å². The molecule has 0 spiro atoms. The first-order chi connectivity index (χ1) is 9.01. The van der Waals surface area contributed by atoms with Gasteiger partial charge in [0.25, 0.3) is 0 Å². The molecule has 19 heavy (non-hydrogen) atoms. The van der Waals surface area contributed by atoms with Crippen LogP contribution in [-0.2, 0) is 7.05 Å². The van der Waals surface area contributed by atoms with E-state index in [1.54, 1.807) is 11.8 Å². The van der Waals surface area contributed by atoms with Gasteiger partial charge in [-0.3, -0.25) is 4.68 Å². The fourth-order valence-electron chi connectivity index (χ4n) is 1.82. The van der Waals surface area contributed by atoms with Crippen LogP contribution in [0, 0.1) is 20.8 Å². The number of aromatic nitrogens is 4. The van der Waals surface area contributed by atoms with Gasteiger partial charge in [0, 0.05) is 19.2 Å². The molecule has 0 radical (unpaired) electrons. The SMILES string of the molecule is CCNc1nc(C)nc(Sc2cc(C)nn2C)c1C. The Morgan fingerprint density at radius 3 is 2.58 bits per heavy atom. The zero-order valence-electron chi connectivity index (χ0n) is 12.0. The Bertz CT molecular complexity index is 591. The predicted octanol–water partition coefficient (Wildman–Crippen LogP) is 2.72. The van der Waals surface area contributed by atoms with Crippen LogP contribution < -0.4 is 5.32 Å². The Labute approximate surface area is 117 Å². The van der Waals surface area contributed by atoms with Gasteiger partial charge in [-0.15, -0.1) is 0 Å². The van der Waals surface area contributed by atoms with Crippen LogP contribution in [0.5, 0.6) is 0 Å². The number of hydrogen-bond donors (Lipinski definition) is 1. The summed E-state index contributed by atoms with van der Waals surface area (Å²) in [6.07, 6.45) is 0. The first kappa shape index (κ1) is 13.9. The molecular formula is C13H19N5S. The van der Waals surface area contributed by atoms with Crippen molar-refractivity contribution in [2.75, 3.05) is 11.9 Å². The molecule has 0 bridgehead atoms. The Balaban J connectivity index is 2.37. The number of nitrogens with one attached hydrogen (secondary N) is 1. The van der Waals surface area contributed by atoms with Crippen LogP contribution in [0.2, 0.25) is 0 Å². The van der Waals surface area contributed by atoms with Gasteiger partial charge in [0.2, 0.25) is 0 Å². The molecule has 2 aromatic heterocycles. The van der Waals surface area contributed by atoms with E-state index in [1.807, 2.05) is 32.5 Å². The molecule has 0 unspecified atom stereocenters. The first-order valence-corrected chi connectivity index (χ1v) is 7.10. The molecule has 2 rings (SSSR count). The van der Waals surface area contributed by atoms with Gasteiger partial charge in [0.1, 0.15) is 21.7 Å². The minimum absolute atomic E-state index is 0.781. The van der Waals surface area contributed by atoms with Crippen molar-refractivity contribution in [2.45, 2.75) is 37.7 Å². The van der Waals surface area contributed by atoms with E-state index < -0.39 is 0 Å². The Hall–Kier alpha value is -1.56. The number of aryl methyl sites for hydroxylation is 3. The molecule has 1 N–H and O–H groups in total. The molecular weight excluding hydrogens is 258 g/mol. The predicted molar refractivity (Wildman–Crippen MR) is 77.7 cm³/mol. The van der Waals surface area contributed by atoms with Crippen molar-refractivity contribution >= 4 is 17.6 Å². The third-order valence-electron chi connectivity index (χ3n) is 2.72. The lowest BCUT2D eigenvalue weighted by molar-refractivity contribution is 0.691. The Kier molecular flexibility index (Phi) is 4.09. The summed E-state index contributed by atoms with van der Waals surface area (Å²) in [7, 11) is 1.95. The van der Waals surface area contributed by atoms with E-state index in [-0.39, 0.29) is 0 Å². The Morgan fingerprint density at radius 2 is 2.00 bits per heavy atom. The van der Waals surface area contributed by atoms with Gasteiger partial charge >= 0.3 is 0 Å². The van der Waals surface area contributed by atoms with E-state index in [4.69, 9.17) is 0 Å². The van der Waals surface area contributed by atoms with Gasteiger partial charge in [-0.2, -0.15) is 5.10 Å². The molecule has 0 fully saturated rings. The summed E-state index contributed by atoms with van der Waals surface area (Å²) in [5, 5.41) is 9.69. The lowest BCUT2D eigenvalue weighted by Crippen LogP contribution is -2.06. The van der Waals surface area contributed by atoms with Crippen molar-refractivity contribution in [3.63, 3.8) is 0 Å². The summed E-state index contributed by atoms with van der Waals surface area (Å²) in [6.45, 7) is 8.87. The monoisotopic (exact) mass is 277 g/mol. The smallest absolute Gasteiger partial charge is 0.133 e. The molecule has 102 valence electrons. The minimum atomic E-state index is 0.781. The van der Waals surface area contributed by atoms with Crippen molar-refractivity contribution < 1.29 is 0 Å². The summed E-state index contributed by atoms with van der Waals surface area (Å²) < 4.78 is 1.88. The van der Waals surface area contributed by atoms with E-state index in [1.165, 1.54) is 0 Å². The van der Waals surface area contributed by atoms with Crippen LogP contribution in [0.1, 0.15) is 24.0 Å². The second kappa shape index (κ2) is 5.61. The maximum Gasteiger partial charge on any atom is 0.133 e. The highest BCUT2D eigenvalue weighted by Gasteiger charge is 2.12. The normalized spacial score (nSPS) is 10.8. The van der Waals surface area contributed by atoms with Gasteiger partial charge in [-0.05, 0) is 45.5 Å². The van der Waals surface area contributed by atoms with Crippen molar-refractivity contribution in [1.29, 1.82) is 0 Å². The molecule has 2 aromatic rings. The number of rotatable bonds is 4. The fourth-order valence-corrected chi connectivity index (χ4v) is 2.85. The lowest BCUT2D eigenvalue weighted by Gasteiger charge is -2.11. The van der Waals surface area contributed by atoms with Crippen LogP contribution in [0.15, 0.2) is 16.1 Å². The zero-order chi connectivity index (χ0) is 14.0. The molecule has 0 atom stereocenters. The second-order valence-electron chi connectivity index (χ2n) is 4.43. The third kappa shape index (κ3) is 3.07.